The number of rotatable bonds is 3. The molecule has 34 heavy (non-hydrogen) atoms. The molecule has 4 heterocycles. The van der Waals surface area contributed by atoms with Gasteiger partial charge in [0, 0.05) is 54.3 Å². The van der Waals surface area contributed by atoms with Gasteiger partial charge in [0.2, 0.25) is 0 Å². The van der Waals surface area contributed by atoms with Crippen LogP contribution in [0.2, 0.25) is 0 Å². The van der Waals surface area contributed by atoms with E-state index in [9.17, 15) is 0 Å². The van der Waals surface area contributed by atoms with Crippen LogP contribution in [0.25, 0.3) is 22.0 Å². The van der Waals surface area contributed by atoms with Gasteiger partial charge in [0.05, 0.1) is 11.7 Å². The fourth-order valence-electron chi connectivity index (χ4n) is 5.04. The molecule has 1 aromatic carbocycles. The van der Waals surface area contributed by atoms with Gasteiger partial charge >= 0.3 is 0 Å². The highest BCUT2D eigenvalue weighted by Crippen LogP contribution is 2.37. The van der Waals surface area contributed by atoms with Crippen LogP contribution >= 0.6 is 0 Å². The minimum absolute atomic E-state index is 0.107. The normalized spacial score (nSPS) is 21.4. The number of aliphatic imine (C=N–C) groups is 1. The number of hydrogen-bond acceptors (Lipinski definition) is 7. The Kier molecular flexibility index (Phi) is 5.87. The summed E-state index contributed by atoms with van der Waals surface area (Å²) in [6, 6.07) is 10.5. The van der Waals surface area contributed by atoms with Gasteiger partial charge in [-0.15, -0.1) is 0 Å². The number of nitrogens with one attached hydrogen (secondary N) is 2. The number of para-hydroxylation sites is 1. The van der Waals surface area contributed by atoms with E-state index < -0.39 is 0 Å². The van der Waals surface area contributed by atoms with E-state index in [0.29, 0.717) is 18.5 Å². The molecule has 0 saturated carbocycles. The second-order valence-corrected chi connectivity index (χ2v) is 9.62. The standard InChI is InChI=1S/C27H31N7/c1-18-19-7-5-6-8-22(19)31-17-30-13-9-20(18)25-32-23-15-28-12-10-21(23)26(33-25)34(4)24-11-14-29-16-27(24,2)3/h5-10,12-13,15,24,29,31H,1,11,14,16-17H2,2-4H3/b20-9+,30-13?. The van der Waals surface area contributed by atoms with Crippen molar-refractivity contribution in [2.75, 3.05) is 37.0 Å². The molecule has 174 valence electrons. The molecule has 3 aromatic rings. The molecule has 2 N–H and O–H groups in total. The van der Waals surface area contributed by atoms with E-state index in [0.717, 1.165) is 58.6 Å². The quantitative estimate of drug-likeness (QED) is 0.612. The smallest absolute Gasteiger partial charge is 0.162 e. The Balaban J connectivity index is 1.66. The van der Waals surface area contributed by atoms with Crippen LogP contribution in [0.1, 0.15) is 31.7 Å². The number of fused-ring (bicyclic) bond motifs is 2. The van der Waals surface area contributed by atoms with Gasteiger partial charge in [-0.3, -0.25) is 9.98 Å². The molecule has 0 aliphatic carbocycles. The lowest BCUT2D eigenvalue weighted by atomic mass is 9.79. The fourth-order valence-corrected chi connectivity index (χ4v) is 5.04. The Morgan fingerprint density at radius 1 is 1.15 bits per heavy atom. The van der Waals surface area contributed by atoms with Gasteiger partial charge in [0.15, 0.2) is 5.82 Å². The van der Waals surface area contributed by atoms with Gasteiger partial charge in [-0.25, -0.2) is 9.97 Å². The van der Waals surface area contributed by atoms with E-state index in [2.05, 4.69) is 59.1 Å². The van der Waals surface area contributed by atoms with Crippen LogP contribution in [0, 0.1) is 5.41 Å². The van der Waals surface area contributed by atoms with Crippen molar-refractivity contribution in [3.8, 4) is 0 Å². The lowest BCUT2D eigenvalue weighted by Gasteiger charge is -2.44. The predicted octanol–water partition coefficient (Wildman–Crippen LogP) is 4.40. The van der Waals surface area contributed by atoms with E-state index in [-0.39, 0.29) is 5.41 Å². The minimum Gasteiger partial charge on any atom is -0.366 e. The topological polar surface area (TPSA) is 78.3 Å². The molecule has 0 bridgehead atoms. The number of pyridine rings is 1. The molecular weight excluding hydrogens is 422 g/mol. The zero-order valence-corrected chi connectivity index (χ0v) is 20.0. The molecule has 0 radical (unpaired) electrons. The summed E-state index contributed by atoms with van der Waals surface area (Å²) in [7, 11) is 2.15. The summed E-state index contributed by atoms with van der Waals surface area (Å²) in [6.45, 7) is 11.5. The average molecular weight is 454 g/mol. The molecule has 1 fully saturated rings. The van der Waals surface area contributed by atoms with E-state index >= 15 is 0 Å². The van der Waals surface area contributed by atoms with Gasteiger partial charge in [0.1, 0.15) is 12.5 Å². The molecule has 7 heteroatoms. The second-order valence-electron chi connectivity index (χ2n) is 9.62. The average Bonchev–Trinajstić information content (AvgIpc) is 2.92. The minimum atomic E-state index is 0.107. The van der Waals surface area contributed by atoms with E-state index in [4.69, 9.17) is 9.97 Å². The van der Waals surface area contributed by atoms with Gasteiger partial charge in [-0.1, -0.05) is 38.6 Å². The van der Waals surface area contributed by atoms with Crippen molar-refractivity contribution in [3.63, 3.8) is 0 Å². The second kappa shape index (κ2) is 8.99. The summed E-state index contributed by atoms with van der Waals surface area (Å²) in [5, 5.41) is 7.90. The summed E-state index contributed by atoms with van der Waals surface area (Å²) >= 11 is 0. The van der Waals surface area contributed by atoms with Crippen molar-refractivity contribution in [3.05, 3.63) is 66.8 Å². The first kappa shape index (κ1) is 22.2. The highest BCUT2D eigenvalue weighted by molar-refractivity contribution is 6.10. The van der Waals surface area contributed by atoms with Crippen molar-refractivity contribution in [1.82, 2.24) is 20.3 Å². The Morgan fingerprint density at radius 3 is 2.85 bits per heavy atom. The third kappa shape index (κ3) is 4.07. The number of nitrogens with zero attached hydrogens (tertiary/aromatic N) is 5. The summed E-state index contributed by atoms with van der Waals surface area (Å²) in [4.78, 5) is 21.2. The summed E-state index contributed by atoms with van der Waals surface area (Å²) in [5.74, 6) is 1.54. The van der Waals surface area contributed by atoms with Crippen LogP contribution in [0.4, 0.5) is 11.5 Å². The maximum Gasteiger partial charge on any atom is 0.162 e. The van der Waals surface area contributed by atoms with Gasteiger partial charge < -0.3 is 15.5 Å². The summed E-state index contributed by atoms with van der Waals surface area (Å²) < 4.78 is 0. The Hall–Kier alpha value is -3.58. The molecule has 7 nitrogen and oxygen atoms in total. The first-order chi connectivity index (χ1) is 16.5. The molecule has 2 aliphatic rings. The fraction of sp³-hybridized carbons (Fsp3) is 0.333. The number of benzene rings is 1. The third-order valence-corrected chi connectivity index (χ3v) is 6.88. The van der Waals surface area contributed by atoms with Gasteiger partial charge in [0.25, 0.3) is 0 Å². The molecule has 1 saturated heterocycles. The molecule has 0 spiro atoms. The SMILES string of the molecule is C=C1/C(c2nc(N(C)C3CCNCC3(C)C)c3ccncc3n2)=C\C=NCNc2ccccc21. The van der Waals surface area contributed by atoms with E-state index in [1.54, 1.807) is 6.21 Å². The van der Waals surface area contributed by atoms with Crippen molar-refractivity contribution < 1.29 is 0 Å². The van der Waals surface area contributed by atoms with Crippen molar-refractivity contribution in [1.29, 1.82) is 0 Å². The predicted molar refractivity (Wildman–Crippen MR) is 141 cm³/mol. The summed E-state index contributed by atoms with van der Waals surface area (Å²) in [6.07, 6.45) is 8.43. The Labute approximate surface area is 200 Å². The van der Waals surface area contributed by atoms with E-state index in [1.165, 1.54) is 0 Å². The molecule has 2 aromatic heterocycles. The van der Waals surface area contributed by atoms with Crippen LogP contribution in [0.3, 0.4) is 0 Å². The Bertz CT molecular complexity index is 1290. The molecular formula is C27H31N7. The zero-order valence-electron chi connectivity index (χ0n) is 20.0. The van der Waals surface area contributed by atoms with Crippen LogP contribution in [-0.2, 0) is 0 Å². The molecule has 0 amide bonds. The molecule has 5 rings (SSSR count). The number of anilines is 2. The third-order valence-electron chi connectivity index (χ3n) is 6.88. The van der Waals surface area contributed by atoms with Crippen molar-refractivity contribution in [2.45, 2.75) is 26.3 Å². The largest absolute Gasteiger partial charge is 0.366 e. The van der Waals surface area contributed by atoms with Crippen molar-refractivity contribution in [2.24, 2.45) is 10.4 Å². The lowest BCUT2D eigenvalue weighted by Crippen LogP contribution is -2.53. The van der Waals surface area contributed by atoms with E-state index in [1.807, 2.05) is 42.7 Å². The zero-order chi connectivity index (χ0) is 23.7. The highest BCUT2D eigenvalue weighted by Gasteiger charge is 2.36. The van der Waals surface area contributed by atoms with Gasteiger partial charge in [-0.2, -0.15) is 0 Å². The van der Waals surface area contributed by atoms with Crippen LogP contribution in [0.15, 0.2) is 60.4 Å². The molecule has 2 aliphatic heterocycles. The van der Waals surface area contributed by atoms with Crippen molar-refractivity contribution >= 4 is 39.8 Å². The maximum absolute atomic E-state index is 5.15. The number of aromatic nitrogens is 3. The van der Waals surface area contributed by atoms with Crippen LogP contribution in [0.5, 0.6) is 0 Å². The number of hydrogen-bond donors (Lipinski definition) is 2. The first-order valence-electron chi connectivity index (χ1n) is 11.7. The van der Waals surface area contributed by atoms with Gasteiger partial charge in [-0.05, 0) is 42.2 Å². The summed E-state index contributed by atoms with van der Waals surface area (Å²) in [5.41, 5.74) is 4.64. The van der Waals surface area contributed by atoms with Crippen LogP contribution in [-0.4, -0.2) is 54.0 Å². The highest BCUT2D eigenvalue weighted by atomic mass is 15.2. The van der Waals surface area contributed by atoms with Crippen LogP contribution < -0.4 is 15.5 Å². The number of allylic oxidation sites excluding steroid dienone is 3. The Morgan fingerprint density at radius 2 is 2.00 bits per heavy atom. The molecule has 1 unspecified atom stereocenters. The monoisotopic (exact) mass is 453 g/mol. The lowest BCUT2D eigenvalue weighted by molar-refractivity contribution is 0.215. The molecule has 1 atom stereocenters. The first-order valence-corrected chi connectivity index (χ1v) is 11.7. The number of piperidine rings is 1. The maximum atomic E-state index is 5.15.